The summed E-state index contributed by atoms with van der Waals surface area (Å²) in [5.41, 5.74) is 1.09. The van der Waals surface area contributed by atoms with Gasteiger partial charge in [0.25, 0.3) is 5.91 Å². The molecule has 0 saturated heterocycles. The smallest absolute Gasteiger partial charge is 0.253 e. The number of hydrogen-bond donors (Lipinski definition) is 1. The number of aryl methyl sites for hydroxylation is 2. The van der Waals surface area contributed by atoms with Crippen molar-refractivity contribution in [2.24, 2.45) is 18.0 Å². The van der Waals surface area contributed by atoms with Gasteiger partial charge in [-0.2, -0.15) is 5.10 Å². The fourth-order valence-electron chi connectivity index (χ4n) is 1.89. The molecule has 0 bridgehead atoms. The van der Waals surface area contributed by atoms with Crippen LogP contribution in [0, 0.1) is 12.8 Å². The minimum atomic E-state index is -0.673. The first kappa shape index (κ1) is 11.8. The topological polar surface area (TPSA) is 59.3 Å². The maximum Gasteiger partial charge on any atom is 0.253 e. The second-order valence-corrected chi connectivity index (χ2v) is 5.01. The summed E-state index contributed by atoms with van der Waals surface area (Å²) < 4.78 is 1.74. The Morgan fingerprint density at radius 2 is 2.12 bits per heavy atom. The molecule has 0 aliphatic carbocycles. The van der Waals surface area contributed by atoms with Crippen LogP contribution in [0.2, 0.25) is 0 Å². The summed E-state index contributed by atoms with van der Waals surface area (Å²) in [7, 11) is 1.85. The molecule has 0 aromatic carbocycles. The Bertz CT molecular complexity index is 501. The van der Waals surface area contributed by atoms with E-state index < -0.39 is 5.54 Å². The average Bonchev–Trinajstić information content (AvgIpc) is 2.69. The number of nitrogens with zero attached hydrogens (tertiary/aromatic N) is 3. The van der Waals surface area contributed by atoms with E-state index in [-0.39, 0.29) is 11.8 Å². The lowest BCUT2D eigenvalue weighted by atomic mass is 9.89. The highest BCUT2D eigenvalue weighted by Crippen LogP contribution is 2.26. The molecule has 2 rings (SSSR count). The first-order valence-corrected chi connectivity index (χ1v) is 5.77. The molecule has 0 fully saturated rings. The van der Waals surface area contributed by atoms with Gasteiger partial charge < -0.3 is 5.32 Å². The standard InChI is InChI=1S/C12H18N4O/c1-7(2)12(4)11(17)13-10(14-12)9-6-8(3)15-16(9)5/h6-7H,1-5H3,(H,13,14,17). The molecule has 0 radical (unpaired) electrons. The summed E-state index contributed by atoms with van der Waals surface area (Å²) in [6.45, 7) is 7.78. The van der Waals surface area contributed by atoms with Crippen LogP contribution in [0.3, 0.4) is 0 Å². The van der Waals surface area contributed by atoms with E-state index in [1.54, 1.807) is 4.68 Å². The van der Waals surface area contributed by atoms with Crippen molar-refractivity contribution in [3.63, 3.8) is 0 Å². The Hall–Kier alpha value is -1.65. The molecular formula is C12H18N4O. The second-order valence-electron chi connectivity index (χ2n) is 5.01. The van der Waals surface area contributed by atoms with Crippen molar-refractivity contribution in [3.05, 3.63) is 17.5 Å². The zero-order valence-electron chi connectivity index (χ0n) is 10.9. The van der Waals surface area contributed by atoms with Gasteiger partial charge in [0.1, 0.15) is 11.2 Å². The Kier molecular flexibility index (Phi) is 2.56. The minimum absolute atomic E-state index is 0.0404. The van der Waals surface area contributed by atoms with E-state index >= 15 is 0 Å². The molecule has 2 heterocycles. The SMILES string of the molecule is Cc1cc(C2=NC(C)(C(C)C)C(=O)N2)n(C)n1. The Morgan fingerprint density at radius 1 is 1.47 bits per heavy atom. The number of hydrogen-bond acceptors (Lipinski definition) is 3. The lowest BCUT2D eigenvalue weighted by molar-refractivity contribution is -0.124. The summed E-state index contributed by atoms with van der Waals surface area (Å²) in [6.07, 6.45) is 0. The van der Waals surface area contributed by atoms with E-state index in [0.717, 1.165) is 11.4 Å². The normalized spacial score (nSPS) is 24.1. The zero-order chi connectivity index (χ0) is 12.8. The largest absolute Gasteiger partial charge is 0.307 e. The number of aromatic nitrogens is 2. The Labute approximate surface area is 101 Å². The molecule has 5 heteroatoms. The maximum absolute atomic E-state index is 12.0. The monoisotopic (exact) mass is 234 g/mol. The zero-order valence-corrected chi connectivity index (χ0v) is 10.9. The number of carbonyl (C=O) groups excluding carboxylic acids is 1. The summed E-state index contributed by atoms with van der Waals surface area (Å²) in [6, 6.07) is 1.92. The summed E-state index contributed by atoms with van der Waals surface area (Å²) in [5.74, 6) is 0.741. The molecule has 1 N–H and O–H groups in total. The Morgan fingerprint density at radius 3 is 2.53 bits per heavy atom. The highest BCUT2D eigenvalue weighted by Gasteiger charge is 2.42. The molecule has 0 saturated carbocycles. The van der Waals surface area contributed by atoms with E-state index in [9.17, 15) is 4.79 Å². The van der Waals surface area contributed by atoms with Crippen molar-refractivity contribution in [2.45, 2.75) is 33.2 Å². The van der Waals surface area contributed by atoms with Gasteiger partial charge in [-0.1, -0.05) is 13.8 Å². The number of amides is 1. The van der Waals surface area contributed by atoms with Gasteiger partial charge in [-0.3, -0.25) is 9.48 Å². The van der Waals surface area contributed by atoms with Crippen LogP contribution in [-0.4, -0.2) is 27.1 Å². The molecular weight excluding hydrogens is 216 g/mol. The van der Waals surface area contributed by atoms with Crippen molar-refractivity contribution < 1.29 is 4.79 Å². The molecule has 1 aliphatic rings. The number of aliphatic imine (C=N–C) groups is 1. The third kappa shape index (κ3) is 1.75. The van der Waals surface area contributed by atoms with Crippen LogP contribution in [0.4, 0.5) is 0 Å². The van der Waals surface area contributed by atoms with Gasteiger partial charge in [-0.15, -0.1) is 0 Å². The number of nitrogens with one attached hydrogen (secondary N) is 1. The van der Waals surface area contributed by atoms with Crippen LogP contribution in [-0.2, 0) is 11.8 Å². The van der Waals surface area contributed by atoms with E-state index in [1.165, 1.54) is 0 Å². The first-order valence-electron chi connectivity index (χ1n) is 5.77. The van der Waals surface area contributed by atoms with Crippen LogP contribution < -0.4 is 5.32 Å². The van der Waals surface area contributed by atoms with Gasteiger partial charge >= 0.3 is 0 Å². The van der Waals surface area contributed by atoms with Crippen molar-refractivity contribution >= 4 is 11.7 Å². The fraction of sp³-hybridized carbons (Fsp3) is 0.583. The fourth-order valence-corrected chi connectivity index (χ4v) is 1.89. The summed E-state index contributed by atoms with van der Waals surface area (Å²) in [5, 5.41) is 7.10. The van der Waals surface area contributed by atoms with Crippen LogP contribution >= 0.6 is 0 Å². The van der Waals surface area contributed by atoms with Gasteiger partial charge in [-0.25, -0.2) is 4.99 Å². The van der Waals surface area contributed by atoms with Gasteiger partial charge in [0.05, 0.1) is 5.69 Å². The summed E-state index contributed by atoms with van der Waals surface area (Å²) >= 11 is 0. The minimum Gasteiger partial charge on any atom is -0.307 e. The highest BCUT2D eigenvalue weighted by molar-refractivity contribution is 6.14. The van der Waals surface area contributed by atoms with Crippen LogP contribution in [0.15, 0.2) is 11.1 Å². The van der Waals surface area contributed by atoms with E-state index in [1.807, 2.05) is 40.8 Å². The predicted molar refractivity (Wildman–Crippen MR) is 65.9 cm³/mol. The average molecular weight is 234 g/mol. The maximum atomic E-state index is 12.0. The molecule has 1 aromatic heterocycles. The van der Waals surface area contributed by atoms with Crippen molar-refractivity contribution in [1.29, 1.82) is 0 Å². The molecule has 1 unspecified atom stereocenters. The first-order chi connectivity index (χ1) is 7.84. The van der Waals surface area contributed by atoms with Gasteiger partial charge in [0.2, 0.25) is 0 Å². The predicted octanol–water partition coefficient (Wildman–Crippen LogP) is 1.02. The van der Waals surface area contributed by atoms with E-state index in [2.05, 4.69) is 15.4 Å². The van der Waals surface area contributed by atoms with Crippen molar-refractivity contribution in [1.82, 2.24) is 15.1 Å². The molecule has 1 aliphatic heterocycles. The number of carbonyl (C=O) groups is 1. The highest BCUT2D eigenvalue weighted by atomic mass is 16.2. The Balaban J connectivity index is 2.43. The molecule has 5 nitrogen and oxygen atoms in total. The lowest BCUT2D eigenvalue weighted by Crippen LogP contribution is -2.41. The quantitative estimate of drug-likeness (QED) is 0.830. The molecule has 1 amide bonds. The van der Waals surface area contributed by atoms with Gasteiger partial charge in [0.15, 0.2) is 5.84 Å². The molecule has 17 heavy (non-hydrogen) atoms. The third-order valence-electron chi connectivity index (χ3n) is 3.40. The lowest BCUT2D eigenvalue weighted by Gasteiger charge is -2.21. The van der Waals surface area contributed by atoms with Crippen LogP contribution in [0.1, 0.15) is 32.2 Å². The number of amidine groups is 1. The molecule has 0 spiro atoms. The molecule has 1 aromatic rings. The van der Waals surface area contributed by atoms with E-state index in [4.69, 9.17) is 0 Å². The molecule has 92 valence electrons. The van der Waals surface area contributed by atoms with Gasteiger partial charge in [0, 0.05) is 7.05 Å². The van der Waals surface area contributed by atoms with Crippen LogP contribution in [0.25, 0.3) is 0 Å². The van der Waals surface area contributed by atoms with Crippen LogP contribution in [0.5, 0.6) is 0 Å². The van der Waals surface area contributed by atoms with Crippen molar-refractivity contribution in [3.8, 4) is 0 Å². The van der Waals surface area contributed by atoms with Crippen molar-refractivity contribution in [2.75, 3.05) is 0 Å². The third-order valence-corrected chi connectivity index (χ3v) is 3.40. The second kappa shape index (κ2) is 3.68. The van der Waals surface area contributed by atoms with E-state index in [0.29, 0.717) is 5.84 Å². The summed E-state index contributed by atoms with van der Waals surface area (Å²) in [4.78, 5) is 16.5. The number of rotatable bonds is 2. The molecule has 1 atom stereocenters. The van der Waals surface area contributed by atoms with Gasteiger partial charge in [-0.05, 0) is 25.8 Å².